The lowest BCUT2D eigenvalue weighted by Crippen LogP contribution is -2.34. The van der Waals surface area contributed by atoms with Gasteiger partial charge in [-0.3, -0.25) is 4.79 Å². The third kappa shape index (κ3) is 4.00. The number of nitrogens with zero attached hydrogens (tertiary/aromatic N) is 2. The standard InChI is InChI=1S/C15H23N3O2/c1-9(2)12(19)8-13(20)18-14(11-4-5-11)15-16-7-6-10(3)17-15/h6-7,9,11-12,14,19H,4-5,8H2,1-3H3,(H,18,20). The number of hydrogen-bond donors (Lipinski definition) is 2. The van der Waals surface area contributed by atoms with Gasteiger partial charge in [0.15, 0.2) is 5.82 Å². The molecule has 1 aromatic heterocycles. The van der Waals surface area contributed by atoms with E-state index in [9.17, 15) is 9.90 Å². The number of aliphatic hydroxyl groups is 1. The number of amides is 1. The van der Waals surface area contributed by atoms with E-state index < -0.39 is 6.10 Å². The first-order chi connectivity index (χ1) is 9.47. The van der Waals surface area contributed by atoms with Crippen LogP contribution in [0.4, 0.5) is 0 Å². The van der Waals surface area contributed by atoms with Gasteiger partial charge >= 0.3 is 0 Å². The zero-order valence-corrected chi connectivity index (χ0v) is 12.3. The Morgan fingerprint density at radius 1 is 1.50 bits per heavy atom. The molecule has 1 amide bonds. The number of nitrogens with one attached hydrogen (secondary N) is 1. The molecule has 0 aromatic carbocycles. The van der Waals surface area contributed by atoms with Gasteiger partial charge in [0.2, 0.25) is 5.91 Å². The van der Waals surface area contributed by atoms with Crippen LogP contribution in [0.2, 0.25) is 0 Å². The van der Waals surface area contributed by atoms with Crippen molar-refractivity contribution in [3.05, 3.63) is 23.8 Å². The van der Waals surface area contributed by atoms with E-state index in [4.69, 9.17) is 0 Å². The minimum atomic E-state index is -0.603. The van der Waals surface area contributed by atoms with E-state index in [0.29, 0.717) is 11.7 Å². The Morgan fingerprint density at radius 2 is 2.20 bits per heavy atom. The van der Waals surface area contributed by atoms with Crippen LogP contribution in [0.15, 0.2) is 12.3 Å². The maximum Gasteiger partial charge on any atom is 0.223 e. The fourth-order valence-corrected chi connectivity index (χ4v) is 2.10. The number of carbonyl (C=O) groups is 1. The molecule has 2 unspecified atom stereocenters. The van der Waals surface area contributed by atoms with Crippen molar-refractivity contribution in [1.29, 1.82) is 0 Å². The third-order valence-electron chi connectivity index (χ3n) is 3.67. The number of aliphatic hydroxyl groups excluding tert-OH is 1. The summed E-state index contributed by atoms with van der Waals surface area (Å²) in [5.41, 5.74) is 0.900. The predicted molar refractivity (Wildman–Crippen MR) is 75.8 cm³/mol. The van der Waals surface area contributed by atoms with Crippen LogP contribution in [0.3, 0.4) is 0 Å². The largest absolute Gasteiger partial charge is 0.392 e. The van der Waals surface area contributed by atoms with Gasteiger partial charge in [-0.2, -0.15) is 0 Å². The van der Waals surface area contributed by atoms with Gasteiger partial charge in [-0.1, -0.05) is 13.8 Å². The molecule has 110 valence electrons. The molecule has 5 nitrogen and oxygen atoms in total. The molecule has 0 bridgehead atoms. The van der Waals surface area contributed by atoms with Crippen LogP contribution in [0, 0.1) is 18.8 Å². The molecule has 2 rings (SSSR count). The molecule has 1 heterocycles. The average Bonchev–Trinajstić information content (AvgIpc) is 3.20. The van der Waals surface area contributed by atoms with Crippen LogP contribution in [0.1, 0.15) is 50.7 Å². The van der Waals surface area contributed by atoms with E-state index in [2.05, 4.69) is 15.3 Å². The molecule has 0 saturated heterocycles. The number of aromatic nitrogens is 2. The summed E-state index contributed by atoms with van der Waals surface area (Å²) in [6.07, 6.45) is 3.44. The first kappa shape index (κ1) is 14.9. The summed E-state index contributed by atoms with van der Waals surface area (Å²) >= 11 is 0. The molecule has 2 atom stereocenters. The Bertz CT molecular complexity index is 472. The predicted octanol–water partition coefficient (Wildman–Crippen LogP) is 1.76. The van der Waals surface area contributed by atoms with Gasteiger partial charge in [-0.25, -0.2) is 9.97 Å². The number of aryl methyl sites for hydroxylation is 1. The van der Waals surface area contributed by atoms with Crippen molar-refractivity contribution >= 4 is 5.91 Å². The highest BCUT2D eigenvalue weighted by Gasteiger charge is 2.35. The fraction of sp³-hybridized carbons (Fsp3) is 0.667. The second-order valence-electron chi connectivity index (χ2n) is 5.95. The van der Waals surface area contributed by atoms with Crippen molar-refractivity contribution in [2.24, 2.45) is 11.8 Å². The Balaban J connectivity index is 2.01. The highest BCUT2D eigenvalue weighted by molar-refractivity contribution is 5.76. The van der Waals surface area contributed by atoms with Gasteiger partial charge in [-0.05, 0) is 37.7 Å². The maximum atomic E-state index is 12.0. The van der Waals surface area contributed by atoms with Crippen LogP contribution in [-0.4, -0.2) is 27.1 Å². The van der Waals surface area contributed by atoms with E-state index >= 15 is 0 Å². The summed E-state index contributed by atoms with van der Waals surface area (Å²) in [4.78, 5) is 20.7. The first-order valence-electron chi connectivity index (χ1n) is 7.24. The van der Waals surface area contributed by atoms with Gasteiger partial charge < -0.3 is 10.4 Å². The molecular weight excluding hydrogens is 254 g/mol. The van der Waals surface area contributed by atoms with Crippen LogP contribution >= 0.6 is 0 Å². The molecule has 1 aliphatic carbocycles. The Kier molecular flexibility index (Phi) is 4.70. The molecular formula is C15H23N3O2. The lowest BCUT2D eigenvalue weighted by Gasteiger charge is -2.19. The Morgan fingerprint density at radius 3 is 2.75 bits per heavy atom. The highest BCUT2D eigenvalue weighted by atomic mass is 16.3. The number of carbonyl (C=O) groups excluding carboxylic acids is 1. The zero-order valence-electron chi connectivity index (χ0n) is 12.3. The summed E-state index contributed by atoms with van der Waals surface area (Å²) in [5, 5.41) is 12.8. The normalized spacial score (nSPS) is 17.9. The van der Waals surface area contributed by atoms with Gasteiger partial charge in [0.25, 0.3) is 0 Å². The van der Waals surface area contributed by atoms with Crippen LogP contribution in [0.25, 0.3) is 0 Å². The smallest absolute Gasteiger partial charge is 0.223 e. The zero-order chi connectivity index (χ0) is 14.7. The molecule has 1 aliphatic rings. The minimum Gasteiger partial charge on any atom is -0.392 e. The molecule has 20 heavy (non-hydrogen) atoms. The second-order valence-corrected chi connectivity index (χ2v) is 5.95. The maximum absolute atomic E-state index is 12.0. The van der Waals surface area contributed by atoms with Crippen LogP contribution in [-0.2, 0) is 4.79 Å². The molecule has 1 aromatic rings. The summed E-state index contributed by atoms with van der Waals surface area (Å²) in [6, 6.07) is 1.72. The van der Waals surface area contributed by atoms with Crippen molar-refractivity contribution in [3.63, 3.8) is 0 Å². The highest BCUT2D eigenvalue weighted by Crippen LogP contribution is 2.39. The van der Waals surface area contributed by atoms with Gasteiger partial charge in [0.05, 0.1) is 18.6 Å². The fourth-order valence-electron chi connectivity index (χ4n) is 2.10. The summed E-state index contributed by atoms with van der Waals surface area (Å²) in [5.74, 6) is 1.06. The molecule has 0 radical (unpaired) electrons. The lowest BCUT2D eigenvalue weighted by molar-refractivity contribution is -0.124. The van der Waals surface area contributed by atoms with E-state index in [1.165, 1.54) is 0 Å². The number of rotatable bonds is 6. The monoisotopic (exact) mass is 277 g/mol. The van der Waals surface area contributed by atoms with E-state index in [0.717, 1.165) is 18.5 Å². The molecule has 0 aliphatic heterocycles. The Hall–Kier alpha value is -1.49. The van der Waals surface area contributed by atoms with Crippen LogP contribution in [0.5, 0.6) is 0 Å². The molecule has 2 N–H and O–H groups in total. The summed E-state index contributed by atoms with van der Waals surface area (Å²) in [6.45, 7) is 5.72. The second kappa shape index (κ2) is 6.31. The Labute approximate surface area is 119 Å². The van der Waals surface area contributed by atoms with E-state index in [1.807, 2.05) is 26.8 Å². The van der Waals surface area contributed by atoms with Crippen molar-refractivity contribution in [1.82, 2.24) is 15.3 Å². The SMILES string of the molecule is Cc1ccnc(C(NC(=O)CC(O)C(C)C)C2CC2)n1. The average molecular weight is 277 g/mol. The number of hydrogen-bond acceptors (Lipinski definition) is 4. The van der Waals surface area contributed by atoms with Crippen molar-refractivity contribution in [2.45, 2.75) is 52.2 Å². The van der Waals surface area contributed by atoms with E-state index in [1.54, 1.807) is 6.20 Å². The molecule has 1 fully saturated rings. The summed E-state index contributed by atoms with van der Waals surface area (Å²) < 4.78 is 0. The minimum absolute atomic E-state index is 0.0790. The van der Waals surface area contributed by atoms with Crippen LogP contribution < -0.4 is 5.32 Å². The van der Waals surface area contributed by atoms with E-state index in [-0.39, 0.29) is 24.3 Å². The van der Waals surface area contributed by atoms with Gasteiger partial charge in [0.1, 0.15) is 0 Å². The molecule has 1 saturated carbocycles. The molecule has 0 spiro atoms. The van der Waals surface area contributed by atoms with Crippen molar-refractivity contribution < 1.29 is 9.90 Å². The first-order valence-corrected chi connectivity index (χ1v) is 7.24. The van der Waals surface area contributed by atoms with Crippen molar-refractivity contribution in [3.8, 4) is 0 Å². The third-order valence-corrected chi connectivity index (χ3v) is 3.67. The van der Waals surface area contributed by atoms with Crippen molar-refractivity contribution in [2.75, 3.05) is 0 Å². The molecule has 5 heteroatoms. The topological polar surface area (TPSA) is 75.1 Å². The van der Waals surface area contributed by atoms with Gasteiger partial charge in [-0.15, -0.1) is 0 Å². The lowest BCUT2D eigenvalue weighted by atomic mass is 10.0. The quantitative estimate of drug-likeness (QED) is 0.831. The van der Waals surface area contributed by atoms with Gasteiger partial charge in [0, 0.05) is 11.9 Å². The summed E-state index contributed by atoms with van der Waals surface area (Å²) in [7, 11) is 0.